The summed E-state index contributed by atoms with van der Waals surface area (Å²) in [5.74, 6) is -0.227. The van der Waals surface area contributed by atoms with E-state index in [2.05, 4.69) is 89.9 Å². The monoisotopic (exact) mass is 542 g/mol. The molecule has 0 saturated heterocycles. The van der Waals surface area contributed by atoms with Gasteiger partial charge < -0.3 is 4.42 Å². The number of aromatic nitrogens is 2. The zero-order valence-electron chi connectivity index (χ0n) is 22.5. The van der Waals surface area contributed by atoms with Crippen molar-refractivity contribution in [2.24, 2.45) is 0 Å². The molecule has 8 rings (SSSR count). The Morgan fingerprint density at radius 1 is 0.476 bits per heavy atom. The van der Waals surface area contributed by atoms with E-state index in [4.69, 9.17) is 9.40 Å². The second kappa shape index (κ2) is 9.79. The van der Waals surface area contributed by atoms with Gasteiger partial charge in [0.05, 0.1) is 5.52 Å². The molecule has 4 heteroatoms. The number of furan rings is 1. The second-order valence-corrected chi connectivity index (χ2v) is 10.5. The van der Waals surface area contributed by atoms with Gasteiger partial charge in [0.1, 0.15) is 11.4 Å². The first-order valence-electron chi connectivity index (χ1n) is 13.8. The van der Waals surface area contributed by atoms with Gasteiger partial charge >= 0.3 is 0 Å². The van der Waals surface area contributed by atoms with E-state index in [1.807, 2.05) is 24.4 Å². The Morgan fingerprint density at radius 2 is 1.05 bits per heavy atom. The number of pyridine rings is 2. The molecule has 0 spiro atoms. The van der Waals surface area contributed by atoms with Gasteiger partial charge in [0.25, 0.3) is 0 Å². The maximum atomic E-state index is 13.3. The lowest BCUT2D eigenvalue weighted by Crippen LogP contribution is -1.86. The van der Waals surface area contributed by atoms with Gasteiger partial charge in [-0.2, -0.15) is 0 Å². The summed E-state index contributed by atoms with van der Waals surface area (Å²) in [5, 5.41) is 3.19. The van der Waals surface area contributed by atoms with Crippen molar-refractivity contribution in [3.63, 3.8) is 0 Å². The van der Waals surface area contributed by atoms with Gasteiger partial charge in [-0.15, -0.1) is 0 Å². The highest BCUT2D eigenvalue weighted by Crippen LogP contribution is 2.33. The number of nitrogens with zero attached hydrogens (tertiary/aromatic N) is 2. The van der Waals surface area contributed by atoms with Crippen molar-refractivity contribution in [2.45, 2.75) is 0 Å². The van der Waals surface area contributed by atoms with Crippen LogP contribution in [0.15, 0.2) is 144 Å². The minimum absolute atomic E-state index is 0.227. The summed E-state index contributed by atoms with van der Waals surface area (Å²) in [6, 6.07) is 42.3. The van der Waals surface area contributed by atoms with Crippen molar-refractivity contribution in [3.8, 4) is 44.5 Å². The van der Waals surface area contributed by atoms with Crippen LogP contribution in [0.5, 0.6) is 0 Å². The van der Waals surface area contributed by atoms with E-state index in [0.717, 1.165) is 71.8 Å². The third-order valence-corrected chi connectivity index (χ3v) is 7.88. The zero-order valence-corrected chi connectivity index (χ0v) is 22.5. The third kappa shape index (κ3) is 4.30. The summed E-state index contributed by atoms with van der Waals surface area (Å²) in [5.41, 5.74) is 11.2. The number of rotatable bonds is 4. The van der Waals surface area contributed by atoms with Crippen LogP contribution in [0.25, 0.3) is 77.5 Å². The molecule has 0 unspecified atom stereocenters. The first-order valence-corrected chi connectivity index (χ1v) is 13.8. The fourth-order valence-electron chi connectivity index (χ4n) is 5.60. The molecule has 42 heavy (non-hydrogen) atoms. The summed E-state index contributed by atoms with van der Waals surface area (Å²) in [7, 11) is 0. The average molecular weight is 543 g/mol. The van der Waals surface area contributed by atoms with E-state index in [1.165, 1.54) is 12.1 Å². The summed E-state index contributed by atoms with van der Waals surface area (Å²) in [4.78, 5) is 9.14. The largest absolute Gasteiger partial charge is 0.438 e. The molecule has 0 atom stereocenters. The van der Waals surface area contributed by atoms with E-state index < -0.39 is 0 Å². The van der Waals surface area contributed by atoms with Crippen LogP contribution in [0.4, 0.5) is 4.39 Å². The van der Waals surface area contributed by atoms with Gasteiger partial charge in [0, 0.05) is 34.1 Å². The second-order valence-electron chi connectivity index (χ2n) is 10.5. The van der Waals surface area contributed by atoms with Crippen molar-refractivity contribution in [3.05, 3.63) is 146 Å². The van der Waals surface area contributed by atoms with Crippen LogP contribution in [0.3, 0.4) is 0 Å². The normalized spacial score (nSPS) is 11.5. The first-order chi connectivity index (χ1) is 20.7. The van der Waals surface area contributed by atoms with E-state index in [1.54, 1.807) is 18.3 Å². The maximum absolute atomic E-state index is 13.3. The first kappa shape index (κ1) is 24.2. The predicted molar refractivity (Wildman–Crippen MR) is 169 cm³/mol. The Hall–Kier alpha value is -5.61. The molecule has 3 heterocycles. The van der Waals surface area contributed by atoms with Crippen molar-refractivity contribution in [2.75, 3.05) is 0 Å². The van der Waals surface area contributed by atoms with Crippen LogP contribution >= 0.6 is 0 Å². The van der Waals surface area contributed by atoms with Crippen LogP contribution in [-0.4, -0.2) is 9.97 Å². The fourth-order valence-corrected chi connectivity index (χ4v) is 5.60. The molecular weight excluding hydrogens is 519 g/mol. The lowest BCUT2D eigenvalue weighted by molar-refractivity contribution is 0.628. The molecule has 198 valence electrons. The Labute approximate surface area is 241 Å². The molecular formula is C38H23FN2O. The zero-order chi connectivity index (χ0) is 28.0. The highest BCUT2D eigenvalue weighted by Gasteiger charge is 2.10. The SMILES string of the molecule is Fc1ccc(-c2ccc(-c3ccc4cc(-c5ccc(-c6ccc7oc8ncccc8c7c6)cc5)cnc4c3)cc2)cc1. The molecule has 0 aliphatic heterocycles. The summed E-state index contributed by atoms with van der Waals surface area (Å²) < 4.78 is 19.2. The van der Waals surface area contributed by atoms with Gasteiger partial charge in [0.2, 0.25) is 5.71 Å². The van der Waals surface area contributed by atoms with E-state index in [0.29, 0.717) is 5.71 Å². The Balaban J connectivity index is 1.05. The van der Waals surface area contributed by atoms with Crippen LogP contribution < -0.4 is 0 Å². The van der Waals surface area contributed by atoms with Gasteiger partial charge in [-0.25, -0.2) is 9.37 Å². The predicted octanol–water partition coefficient (Wildman–Crippen LogP) is 10.3. The maximum Gasteiger partial charge on any atom is 0.227 e. The number of fused-ring (bicyclic) bond motifs is 4. The Morgan fingerprint density at radius 3 is 1.76 bits per heavy atom. The lowest BCUT2D eigenvalue weighted by atomic mass is 9.98. The van der Waals surface area contributed by atoms with Gasteiger partial charge in [-0.05, 0) is 87.5 Å². The molecule has 3 nitrogen and oxygen atoms in total. The van der Waals surface area contributed by atoms with Crippen LogP contribution in [0, 0.1) is 5.82 Å². The lowest BCUT2D eigenvalue weighted by Gasteiger charge is -2.08. The van der Waals surface area contributed by atoms with E-state index in [9.17, 15) is 4.39 Å². The molecule has 0 fully saturated rings. The fraction of sp³-hybridized carbons (Fsp3) is 0. The smallest absolute Gasteiger partial charge is 0.227 e. The molecule has 0 amide bonds. The van der Waals surface area contributed by atoms with Crippen molar-refractivity contribution in [1.82, 2.24) is 9.97 Å². The van der Waals surface area contributed by atoms with Crippen LogP contribution in [-0.2, 0) is 0 Å². The Bertz CT molecular complexity index is 2230. The topological polar surface area (TPSA) is 38.9 Å². The summed E-state index contributed by atoms with van der Waals surface area (Å²) in [6.45, 7) is 0. The minimum atomic E-state index is -0.227. The highest BCUT2D eigenvalue weighted by molar-refractivity contribution is 6.05. The van der Waals surface area contributed by atoms with Gasteiger partial charge in [0.15, 0.2) is 0 Å². The molecule has 3 aromatic heterocycles. The van der Waals surface area contributed by atoms with Gasteiger partial charge in [-0.1, -0.05) is 78.9 Å². The number of halogens is 1. The molecule has 0 N–H and O–H groups in total. The molecule has 8 aromatic rings. The number of hydrogen-bond donors (Lipinski definition) is 0. The molecule has 0 aliphatic rings. The quantitative estimate of drug-likeness (QED) is 0.222. The number of benzene rings is 5. The molecule has 0 saturated carbocycles. The van der Waals surface area contributed by atoms with E-state index in [-0.39, 0.29) is 5.82 Å². The van der Waals surface area contributed by atoms with Crippen molar-refractivity contribution < 1.29 is 8.81 Å². The Kier molecular flexibility index (Phi) is 5.64. The molecule has 0 radical (unpaired) electrons. The summed E-state index contributed by atoms with van der Waals surface area (Å²) in [6.07, 6.45) is 3.69. The average Bonchev–Trinajstić information content (AvgIpc) is 3.43. The molecule has 5 aromatic carbocycles. The van der Waals surface area contributed by atoms with Crippen molar-refractivity contribution >= 4 is 33.0 Å². The molecule has 0 bridgehead atoms. The molecule has 0 aliphatic carbocycles. The van der Waals surface area contributed by atoms with Crippen molar-refractivity contribution in [1.29, 1.82) is 0 Å². The van der Waals surface area contributed by atoms with Crippen LogP contribution in [0.1, 0.15) is 0 Å². The minimum Gasteiger partial charge on any atom is -0.438 e. The van der Waals surface area contributed by atoms with Gasteiger partial charge in [-0.3, -0.25) is 4.98 Å². The summed E-state index contributed by atoms with van der Waals surface area (Å²) >= 11 is 0. The van der Waals surface area contributed by atoms with E-state index >= 15 is 0 Å². The number of hydrogen-bond acceptors (Lipinski definition) is 3. The third-order valence-electron chi connectivity index (χ3n) is 7.88. The van der Waals surface area contributed by atoms with Crippen LogP contribution in [0.2, 0.25) is 0 Å². The highest BCUT2D eigenvalue weighted by atomic mass is 19.1. The standard InChI is InChI=1S/C38H23FN2O/c39-33-16-13-25(14-17-33)24-3-5-27(6-4-24)30-11-12-31-20-32(23-41-36(31)22-30)28-9-7-26(8-10-28)29-15-18-37-35(21-29)34-2-1-19-40-38(34)42-37/h1-23H.